The van der Waals surface area contributed by atoms with E-state index < -0.39 is 0 Å². The standard InChI is InChI=1S/C18H19BrN2O3/c1-4-21(17-9-6-14(19)12-20-17)18(22)10-5-13-11-15(23-2)7-8-16(13)24-3/h5-12H,4H2,1-3H3/b10-5+. The Morgan fingerprint density at radius 2 is 2.04 bits per heavy atom. The zero-order valence-corrected chi connectivity index (χ0v) is 15.4. The van der Waals surface area contributed by atoms with Crippen molar-refractivity contribution in [2.75, 3.05) is 25.7 Å². The van der Waals surface area contributed by atoms with Crippen molar-refractivity contribution in [2.45, 2.75) is 6.92 Å². The maximum Gasteiger partial charge on any atom is 0.252 e. The largest absolute Gasteiger partial charge is 0.497 e. The molecule has 6 heteroatoms. The lowest BCUT2D eigenvalue weighted by atomic mass is 10.1. The third kappa shape index (κ3) is 4.35. The molecule has 0 spiro atoms. The number of methoxy groups -OCH3 is 2. The molecule has 1 heterocycles. The predicted octanol–water partition coefficient (Wildman–Crippen LogP) is 3.93. The van der Waals surface area contributed by atoms with Crippen LogP contribution in [0.15, 0.2) is 47.1 Å². The van der Waals surface area contributed by atoms with E-state index in [1.165, 1.54) is 6.08 Å². The lowest BCUT2D eigenvalue weighted by molar-refractivity contribution is -0.114. The fraction of sp³-hybridized carbons (Fsp3) is 0.222. The first-order valence-corrected chi connectivity index (χ1v) is 8.21. The number of aromatic nitrogens is 1. The molecule has 2 rings (SSSR count). The molecule has 0 saturated carbocycles. The summed E-state index contributed by atoms with van der Waals surface area (Å²) in [6.45, 7) is 2.43. The normalized spacial score (nSPS) is 10.7. The van der Waals surface area contributed by atoms with E-state index >= 15 is 0 Å². The monoisotopic (exact) mass is 390 g/mol. The number of pyridine rings is 1. The van der Waals surface area contributed by atoms with Gasteiger partial charge in [-0.15, -0.1) is 0 Å². The van der Waals surface area contributed by atoms with Gasteiger partial charge in [0.25, 0.3) is 5.91 Å². The molecule has 0 N–H and O–H groups in total. The number of halogens is 1. The molecule has 0 atom stereocenters. The van der Waals surface area contributed by atoms with Crippen molar-refractivity contribution in [3.05, 3.63) is 52.6 Å². The maximum absolute atomic E-state index is 12.5. The van der Waals surface area contributed by atoms with Crippen LogP contribution in [0.3, 0.4) is 0 Å². The minimum Gasteiger partial charge on any atom is -0.497 e. The summed E-state index contributed by atoms with van der Waals surface area (Å²) in [7, 11) is 3.18. The molecule has 24 heavy (non-hydrogen) atoms. The molecule has 0 aliphatic carbocycles. The van der Waals surface area contributed by atoms with E-state index in [1.807, 2.05) is 25.1 Å². The van der Waals surface area contributed by atoms with Crippen LogP contribution in [-0.2, 0) is 4.79 Å². The van der Waals surface area contributed by atoms with Gasteiger partial charge >= 0.3 is 0 Å². The van der Waals surface area contributed by atoms with Crippen molar-refractivity contribution >= 4 is 33.7 Å². The molecular formula is C18H19BrN2O3. The number of nitrogens with zero attached hydrogens (tertiary/aromatic N) is 2. The summed E-state index contributed by atoms with van der Waals surface area (Å²) in [4.78, 5) is 18.4. The summed E-state index contributed by atoms with van der Waals surface area (Å²) in [5.41, 5.74) is 0.769. The molecule has 2 aromatic rings. The van der Waals surface area contributed by atoms with Gasteiger partial charge in [0.2, 0.25) is 0 Å². The molecule has 0 saturated heterocycles. The third-order valence-corrected chi connectivity index (χ3v) is 3.88. The average Bonchev–Trinajstić information content (AvgIpc) is 2.61. The molecule has 0 unspecified atom stereocenters. The number of benzene rings is 1. The first-order chi connectivity index (χ1) is 11.6. The van der Waals surface area contributed by atoms with Crippen molar-refractivity contribution in [3.63, 3.8) is 0 Å². The Morgan fingerprint density at radius 3 is 2.62 bits per heavy atom. The predicted molar refractivity (Wildman–Crippen MR) is 98.5 cm³/mol. The topological polar surface area (TPSA) is 51.7 Å². The van der Waals surface area contributed by atoms with Gasteiger partial charge in [0.05, 0.1) is 14.2 Å². The lowest BCUT2D eigenvalue weighted by Crippen LogP contribution is -2.29. The molecule has 0 aliphatic rings. The van der Waals surface area contributed by atoms with Crippen LogP contribution in [-0.4, -0.2) is 31.7 Å². The zero-order valence-electron chi connectivity index (χ0n) is 13.8. The highest BCUT2D eigenvalue weighted by Crippen LogP contribution is 2.25. The van der Waals surface area contributed by atoms with Gasteiger partial charge in [-0.3, -0.25) is 9.69 Å². The molecule has 0 bridgehead atoms. The van der Waals surface area contributed by atoms with E-state index in [1.54, 1.807) is 43.5 Å². The Hall–Kier alpha value is -2.34. The first-order valence-electron chi connectivity index (χ1n) is 7.42. The van der Waals surface area contributed by atoms with Crippen LogP contribution in [0.4, 0.5) is 5.82 Å². The van der Waals surface area contributed by atoms with Crippen molar-refractivity contribution in [2.24, 2.45) is 0 Å². The van der Waals surface area contributed by atoms with E-state index in [2.05, 4.69) is 20.9 Å². The summed E-state index contributed by atoms with van der Waals surface area (Å²) < 4.78 is 11.4. The number of ether oxygens (including phenoxy) is 2. The summed E-state index contributed by atoms with van der Waals surface area (Å²) >= 11 is 3.34. The minimum atomic E-state index is -0.155. The smallest absolute Gasteiger partial charge is 0.252 e. The summed E-state index contributed by atoms with van der Waals surface area (Å²) in [6, 6.07) is 9.08. The molecule has 1 amide bonds. The molecule has 5 nitrogen and oxygen atoms in total. The van der Waals surface area contributed by atoms with Crippen LogP contribution in [0.1, 0.15) is 12.5 Å². The molecule has 0 radical (unpaired) electrons. The van der Waals surface area contributed by atoms with Gasteiger partial charge in [0, 0.05) is 28.9 Å². The molecule has 0 fully saturated rings. The molecule has 126 valence electrons. The highest BCUT2D eigenvalue weighted by atomic mass is 79.9. The van der Waals surface area contributed by atoms with E-state index in [9.17, 15) is 4.79 Å². The van der Waals surface area contributed by atoms with Crippen molar-refractivity contribution in [1.29, 1.82) is 0 Å². The van der Waals surface area contributed by atoms with Crippen molar-refractivity contribution in [1.82, 2.24) is 4.98 Å². The van der Waals surface area contributed by atoms with Gasteiger partial charge in [-0.25, -0.2) is 4.98 Å². The van der Waals surface area contributed by atoms with Gasteiger partial charge in [-0.1, -0.05) is 0 Å². The highest BCUT2D eigenvalue weighted by Gasteiger charge is 2.12. The number of hydrogen-bond acceptors (Lipinski definition) is 4. The van der Waals surface area contributed by atoms with E-state index in [0.717, 1.165) is 10.0 Å². The van der Waals surface area contributed by atoms with Crippen LogP contribution >= 0.6 is 15.9 Å². The van der Waals surface area contributed by atoms with E-state index in [0.29, 0.717) is 23.9 Å². The van der Waals surface area contributed by atoms with Gasteiger partial charge < -0.3 is 9.47 Å². The second kappa shape index (κ2) is 8.49. The lowest BCUT2D eigenvalue weighted by Gasteiger charge is -2.18. The fourth-order valence-electron chi connectivity index (χ4n) is 2.18. The maximum atomic E-state index is 12.5. The van der Waals surface area contributed by atoms with E-state index in [4.69, 9.17) is 9.47 Å². The SMILES string of the molecule is CCN(C(=O)/C=C/c1cc(OC)ccc1OC)c1ccc(Br)cn1. The second-order valence-corrected chi connectivity index (χ2v) is 5.77. The number of amides is 1. The molecule has 1 aromatic carbocycles. The molecular weight excluding hydrogens is 372 g/mol. The van der Waals surface area contributed by atoms with Gasteiger partial charge in [-0.05, 0) is 59.3 Å². The number of carbonyl (C=O) groups is 1. The Balaban J connectivity index is 2.23. The average molecular weight is 391 g/mol. The van der Waals surface area contributed by atoms with Crippen LogP contribution < -0.4 is 14.4 Å². The van der Waals surface area contributed by atoms with Gasteiger partial charge in [0.1, 0.15) is 17.3 Å². The Morgan fingerprint density at radius 1 is 1.25 bits per heavy atom. The number of likely N-dealkylation sites (N-methyl/N-ethyl adjacent to an activating group) is 1. The fourth-order valence-corrected chi connectivity index (χ4v) is 2.41. The number of rotatable bonds is 6. The minimum absolute atomic E-state index is 0.155. The Kier molecular flexibility index (Phi) is 6.37. The molecule has 0 aliphatic heterocycles. The summed E-state index contributed by atoms with van der Waals surface area (Å²) in [5, 5.41) is 0. The van der Waals surface area contributed by atoms with Crippen molar-refractivity contribution in [3.8, 4) is 11.5 Å². The van der Waals surface area contributed by atoms with Crippen LogP contribution in [0.25, 0.3) is 6.08 Å². The van der Waals surface area contributed by atoms with Crippen LogP contribution in [0, 0.1) is 0 Å². The number of carbonyl (C=O) groups excluding carboxylic acids is 1. The van der Waals surface area contributed by atoms with E-state index in [-0.39, 0.29) is 5.91 Å². The Labute approximate surface area is 150 Å². The molecule has 1 aromatic heterocycles. The van der Waals surface area contributed by atoms with Gasteiger partial charge in [-0.2, -0.15) is 0 Å². The van der Waals surface area contributed by atoms with Crippen LogP contribution in [0.2, 0.25) is 0 Å². The first kappa shape index (κ1) is 18.0. The number of hydrogen-bond donors (Lipinski definition) is 0. The third-order valence-electron chi connectivity index (χ3n) is 3.41. The van der Waals surface area contributed by atoms with Crippen molar-refractivity contribution < 1.29 is 14.3 Å². The van der Waals surface area contributed by atoms with Crippen LogP contribution in [0.5, 0.6) is 11.5 Å². The second-order valence-electron chi connectivity index (χ2n) is 4.86. The number of anilines is 1. The quantitative estimate of drug-likeness (QED) is 0.701. The zero-order chi connectivity index (χ0) is 17.5. The van der Waals surface area contributed by atoms with Gasteiger partial charge in [0.15, 0.2) is 0 Å². The Bertz CT molecular complexity index is 730. The summed E-state index contributed by atoms with van der Waals surface area (Å²) in [6.07, 6.45) is 4.88. The summed E-state index contributed by atoms with van der Waals surface area (Å²) in [5.74, 6) is 1.82. The highest BCUT2D eigenvalue weighted by molar-refractivity contribution is 9.10.